The number of carbonyl (C=O) groups is 1. The lowest BCUT2D eigenvalue weighted by Crippen LogP contribution is -2.37. The van der Waals surface area contributed by atoms with E-state index in [4.69, 9.17) is 10.8 Å². The van der Waals surface area contributed by atoms with Gasteiger partial charge in [0.1, 0.15) is 0 Å². The summed E-state index contributed by atoms with van der Waals surface area (Å²) in [6.07, 6.45) is -5.43. The molecule has 0 aromatic heterocycles. The standard InChI is InChI=1S/C11H13F3N2O2.ClH/c12-11(13,14)8-3-1-2-7(4-8)5-9(15)6-16-10(17)18;/h1-4,9,16H,5-6,15H2,(H,17,18);1H. The zero-order valence-electron chi connectivity index (χ0n) is 9.78. The number of hydrogen-bond acceptors (Lipinski definition) is 2. The van der Waals surface area contributed by atoms with Crippen LogP contribution in [0.3, 0.4) is 0 Å². The van der Waals surface area contributed by atoms with Crippen LogP contribution in [-0.2, 0) is 12.6 Å². The number of carboxylic acid groups (broad SMARTS) is 1. The minimum atomic E-state index is -4.39. The average Bonchev–Trinajstić information content (AvgIpc) is 2.25. The molecule has 1 amide bonds. The monoisotopic (exact) mass is 298 g/mol. The molecule has 0 aliphatic rings. The van der Waals surface area contributed by atoms with Gasteiger partial charge in [0, 0.05) is 12.6 Å². The van der Waals surface area contributed by atoms with Crippen molar-refractivity contribution < 1.29 is 23.1 Å². The molecule has 0 spiro atoms. The van der Waals surface area contributed by atoms with Crippen molar-refractivity contribution in [3.63, 3.8) is 0 Å². The highest BCUT2D eigenvalue weighted by molar-refractivity contribution is 5.85. The van der Waals surface area contributed by atoms with Gasteiger partial charge < -0.3 is 16.2 Å². The predicted molar refractivity (Wildman–Crippen MR) is 66.4 cm³/mol. The maximum absolute atomic E-state index is 12.4. The van der Waals surface area contributed by atoms with E-state index >= 15 is 0 Å². The Bertz CT molecular complexity index is 427. The first-order valence-corrected chi connectivity index (χ1v) is 5.17. The molecule has 19 heavy (non-hydrogen) atoms. The first kappa shape index (κ1) is 17.5. The molecule has 4 nitrogen and oxygen atoms in total. The fourth-order valence-corrected chi connectivity index (χ4v) is 1.47. The van der Waals surface area contributed by atoms with Crippen molar-refractivity contribution in [3.05, 3.63) is 35.4 Å². The number of rotatable bonds is 4. The number of benzene rings is 1. The molecule has 8 heteroatoms. The maximum atomic E-state index is 12.4. The molecule has 1 aromatic carbocycles. The minimum absolute atomic E-state index is 0. The Morgan fingerprint density at radius 3 is 2.58 bits per heavy atom. The lowest BCUT2D eigenvalue weighted by Gasteiger charge is -2.13. The van der Waals surface area contributed by atoms with E-state index < -0.39 is 23.9 Å². The Labute approximate surface area is 114 Å². The third kappa shape index (κ3) is 6.30. The second kappa shape index (κ2) is 7.20. The fourth-order valence-electron chi connectivity index (χ4n) is 1.47. The van der Waals surface area contributed by atoms with Crippen LogP contribution >= 0.6 is 12.4 Å². The largest absolute Gasteiger partial charge is 0.465 e. The van der Waals surface area contributed by atoms with Crippen LogP contribution in [0, 0.1) is 0 Å². The molecule has 0 saturated carbocycles. The summed E-state index contributed by atoms with van der Waals surface area (Å²) in [4.78, 5) is 10.2. The molecule has 4 N–H and O–H groups in total. The Kier molecular flexibility index (Phi) is 6.64. The van der Waals surface area contributed by atoms with E-state index in [1.165, 1.54) is 12.1 Å². The van der Waals surface area contributed by atoms with E-state index in [0.717, 1.165) is 12.1 Å². The van der Waals surface area contributed by atoms with E-state index in [1.807, 2.05) is 0 Å². The quantitative estimate of drug-likeness (QED) is 0.798. The second-order valence-electron chi connectivity index (χ2n) is 3.85. The van der Waals surface area contributed by atoms with Crippen LogP contribution in [0.1, 0.15) is 11.1 Å². The minimum Gasteiger partial charge on any atom is -0.465 e. The van der Waals surface area contributed by atoms with Crippen LogP contribution in [0.15, 0.2) is 24.3 Å². The van der Waals surface area contributed by atoms with E-state index in [0.29, 0.717) is 5.56 Å². The Balaban J connectivity index is 0.00000324. The number of amides is 1. The van der Waals surface area contributed by atoms with Crippen LogP contribution in [0.4, 0.5) is 18.0 Å². The Morgan fingerprint density at radius 2 is 2.05 bits per heavy atom. The van der Waals surface area contributed by atoms with Crippen LogP contribution in [-0.4, -0.2) is 23.8 Å². The van der Waals surface area contributed by atoms with Gasteiger partial charge in [0.15, 0.2) is 0 Å². The van der Waals surface area contributed by atoms with Gasteiger partial charge in [-0.15, -0.1) is 12.4 Å². The van der Waals surface area contributed by atoms with Crippen molar-refractivity contribution in [1.29, 1.82) is 0 Å². The summed E-state index contributed by atoms with van der Waals surface area (Å²) in [6, 6.07) is 4.25. The van der Waals surface area contributed by atoms with Crippen LogP contribution in [0.2, 0.25) is 0 Å². The molecule has 0 fully saturated rings. The van der Waals surface area contributed by atoms with Gasteiger partial charge in [0.2, 0.25) is 0 Å². The Hall–Kier alpha value is -1.47. The van der Waals surface area contributed by atoms with E-state index in [-0.39, 0.29) is 25.4 Å². The molecule has 0 heterocycles. The van der Waals surface area contributed by atoms with Crippen LogP contribution in [0.25, 0.3) is 0 Å². The smallest absolute Gasteiger partial charge is 0.416 e. The van der Waals surface area contributed by atoms with Gasteiger partial charge in [-0.1, -0.05) is 18.2 Å². The van der Waals surface area contributed by atoms with Crippen molar-refractivity contribution in [1.82, 2.24) is 5.32 Å². The lowest BCUT2D eigenvalue weighted by molar-refractivity contribution is -0.137. The molecule has 108 valence electrons. The van der Waals surface area contributed by atoms with Gasteiger partial charge in [-0.05, 0) is 18.1 Å². The number of nitrogens with one attached hydrogen (secondary N) is 1. The van der Waals surface area contributed by atoms with Gasteiger partial charge in [-0.25, -0.2) is 4.79 Å². The molecule has 0 aliphatic heterocycles. The lowest BCUT2D eigenvalue weighted by atomic mass is 10.0. The fraction of sp³-hybridized carbons (Fsp3) is 0.364. The zero-order chi connectivity index (χ0) is 13.8. The molecular weight excluding hydrogens is 285 g/mol. The third-order valence-corrected chi connectivity index (χ3v) is 2.27. The highest BCUT2D eigenvalue weighted by Gasteiger charge is 2.30. The van der Waals surface area contributed by atoms with Crippen LogP contribution < -0.4 is 11.1 Å². The summed E-state index contributed by atoms with van der Waals surface area (Å²) in [5.74, 6) is 0. The van der Waals surface area contributed by atoms with Crippen molar-refractivity contribution in [2.75, 3.05) is 6.54 Å². The number of alkyl halides is 3. The summed E-state index contributed by atoms with van der Waals surface area (Å²) in [5, 5.41) is 10.4. The van der Waals surface area contributed by atoms with Crippen molar-refractivity contribution in [3.8, 4) is 0 Å². The van der Waals surface area contributed by atoms with Crippen molar-refractivity contribution in [2.24, 2.45) is 5.73 Å². The van der Waals surface area contributed by atoms with E-state index in [2.05, 4.69) is 5.32 Å². The van der Waals surface area contributed by atoms with Crippen molar-refractivity contribution >= 4 is 18.5 Å². The average molecular weight is 299 g/mol. The first-order valence-electron chi connectivity index (χ1n) is 5.17. The molecule has 0 saturated heterocycles. The predicted octanol–water partition coefficient (Wildman–Crippen LogP) is 2.26. The maximum Gasteiger partial charge on any atom is 0.416 e. The first-order chi connectivity index (χ1) is 8.29. The van der Waals surface area contributed by atoms with Gasteiger partial charge in [0.25, 0.3) is 0 Å². The SMILES string of the molecule is Cl.NC(CNC(=O)O)Cc1cccc(C(F)(F)F)c1. The highest BCUT2D eigenvalue weighted by Crippen LogP contribution is 2.29. The van der Waals surface area contributed by atoms with Gasteiger partial charge >= 0.3 is 12.3 Å². The molecule has 1 unspecified atom stereocenters. The molecule has 0 bridgehead atoms. The zero-order valence-corrected chi connectivity index (χ0v) is 10.6. The molecule has 0 aliphatic carbocycles. The number of halogens is 4. The molecule has 0 radical (unpaired) electrons. The molecule has 1 rings (SSSR count). The summed E-state index contributed by atoms with van der Waals surface area (Å²) < 4.78 is 37.3. The van der Waals surface area contributed by atoms with E-state index in [9.17, 15) is 18.0 Å². The normalized spacial score (nSPS) is 12.4. The Morgan fingerprint density at radius 1 is 1.42 bits per heavy atom. The number of nitrogens with two attached hydrogens (primary N) is 1. The topological polar surface area (TPSA) is 75.3 Å². The van der Waals surface area contributed by atoms with Crippen LogP contribution in [0.5, 0.6) is 0 Å². The van der Waals surface area contributed by atoms with Gasteiger partial charge in [0.05, 0.1) is 5.56 Å². The molecule has 1 atom stereocenters. The van der Waals surface area contributed by atoms with E-state index in [1.54, 1.807) is 0 Å². The van der Waals surface area contributed by atoms with Gasteiger partial charge in [-0.3, -0.25) is 0 Å². The highest BCUT2D eigenvalue weighted by atomic mass is 35.5. The summed E-state index contributed by atoms with van der Waals surface area (Å²) in [5.41, 5.74) is 5.29. The summed E-state index contributed by atoms with van der Waals surface area (Å²) >= 11 is 0. The summed E-state index contributed by atoms with van der Waals surface area (Å²) in [7, 11) is 0. The summed E-state index contributed by atoms with van der Waals surface area (Å²) in [6.45, 7) is -0.00835. The molecular formula is C11H14ClF3N2O2. The van der Waals surface area contributed by atoms with Gasteiger partial charge in [-0.2, -0.15) is 13.2 Å². The molecule has 1 aromatic rings. The second-order valence-corrected chi connectivity index (χ2v) is 3.85. The van der Waals surface area contributed by atoms with Crippen molar-refractivity contribution in [2.45, 2.75) is 18.6 Å². The number of hydrogen-bond donors (Lipinski definition) is 3. The third-order valence-electron chi connectivity index (χ3n) is 2.27.